The fraction of sp³-hybridized carbons (Fsp3) is 0.280. The first-order chi connectivity index (χ1) is 16.4. The summed E-state index contributed by atoms with van der Waals surface area (Å²) in [5, 5.41) is 2.94. The van der Waals surface area contributed by atoms with Gasteiger partial charge >= 0.3 is 0 Å². The van der Waals surface area contributed by atoms with Gasteiger partial charge in [0.15, 0.2) is 5.82 Å². The molecule has 1 atom stereocenters. The maximum absolute atomic E-state index is 14.9. The summed E-state index contributed by atoms with van der Waals surface area (Å²) in [6.45, 7) is 5.12. The van der Waals surface area contributed by atoms with Gasteiger partial charge in [0, 0.05) is 23.9 Å². The number of fused-ring (bicyclic) bond motifs is 2. The Hall–Kier alpha value is -4.01. The molecule has 4 N–H and O–H groups in total. The summed E-state index contributed by atoms with van der Waals surface area (Å²) in [5.41, 5.74) is 9.12. The molecule has 2 aromatic carbocycles. The van der Waals surface area contributed by atoms with Crippen LogP contribution in [0.3, 0.4) is 0 Å². The molecule has 4 aromatic rings. The first-order valence-electron chi connectivity index (χ1n) is 11.2. The Morgan fingerprint density at radius 1 is 1.26 bits per heavy atom. The van der Waals surface area contributed by atoms with Gasteiger partial charge in [0.05, 0.1) is 23.7 Å². The molecular formula is C25H25FN6O2. The summed E-state index contributed by atoms with van der Waals surface area (Å²) in [6.07, 6.45) is 2.16. The fourth-order valence-corrected chi connectivity index (χ4v) is 4.08. The van der Waals surface area contributed by atoms with E-state index >= 15 is 0 Å². The Morgan fingerprint density at radius 3 is 2.91 bits per heavy atom. The van der Waals surface area contributed by atoms with Gasteiger partial charge in [0.1, 0.15) is 17.1 Å². The maximum Gasteiger partial charge on any atom is 0.251 e. The van der Waals surface area contributed by atoms with E-state index in [1.54, 1.807) is 18.2 Å². The predicted molar refractivity (Wildman–Crippen MR) is 127 cm³/mol. The van der Waals surface area contributed by atoms with Gasteiger partial charge in [0.2, 0.25) is 5.95 Å². The quantitative estimate of drug-likeness (QED) is 0.416. The number of carbonyl (C=O) groups excluding carboxylic acids is 1. The lowest BCUT2D eigenvalue weighted by atomic mass is 9.94. The summed E-state index contributed by atoms with van der Waals surface area (Å²) in [7, 11) is 0. The van der Waals surface area contributed by atoms with E-state index in [2.05, 4.69) is 25.3 Å². The summed E-state index contributed by atoms with van der Waals surface area (Å²) in [4.78, 5) is 28.3. The van der Waals surface area contributed by atoms with E-state index in [1.165, 1.54) is 12.3 Å². The van der Waals surface area contributed by atoms with Crippen molar-refractivity contribution in [3.05, 3.63) is 65.4 Å². The second-order valence-electron chi connectivity index (χ2n) is 8.91. The number of aromatic nitrogens is 4. The van der Waals surface area contributed by atoms with Gasteiger partial charge in [-0.05, 0) is 54.3 Å². The minimum atomic E-state index is -0.451. The molecule has 0 spiro atoms. The molecule has 1 aliphatic rings. The maximum atomic E-state index is 14.9. The van der Waals surface area contributed by atoms with Crippen LogP contribution in [0.1, 0.15) is 41.5 Å². The zero-order valence-electron chi connectivity index (χ0n) is 18.9. The molecule has 174 valence electrons. The normalized spacial score (nSPS) is 15.2. The van der Waals surface area contributed by atoms with Crippen LogP contribution in [0, 0.1) is 11.7 Å². The standard InChI is InChI=1S/C25H25FN6O2/c1-13(2)11-29-24(33)14-3-4-21-16(7-14)8-17(12-34-21)23-30-20-10-15(9-18(26)22(20)32-23)19-5-6-28-25(27)31-19/h3-7,9-10,13,17H,8,11-12H2,1-2H3,(H,29,33)(H,30,32)(H2,27,28,31). The number of hydrogen-bond acceptors (Lipinski definition) is 6. The molecule has 8 nitrogen and oxygen atoms in total. The highest BCUT2D eigenvalue weighted by molar-refractivity contribution is 5.94. The highest BCUT2D eigenvalue weighted by Gasteiger charge is 2.26. The van der Waals surface area contributed by atoms with Gasteiger partial charge in [-0.3, -0.25) is 4.79 Å². The van der Waals surface area contributed by atoms with Crippen LogP contribution in [0.2, 0.25) is 0 Å². The van der Waals surface area contributed by atoms with Crippen molar-refractivity contribution in [1.29, 1.82) is 0 Å². The molecule has 2 aromatic heterocycles. The Morgan fingerprint density at radius 2 is 2.12 bits per heavy atom. The van der Waals surface area contributed by atoms with E-state index in [1.807, 2.05) is 26.0 Å². The molecule has 9 heteroatoms. The van der Waals surface area contributed by atoms with Crippen molar-refractivity contribution in [2.75, 3.05) is 18.9 Å². The van der Waals surface area contributed by atoms with Crippen LogP contribution in [0.5, 0.6) is 5.75 Å². The molecule has 1 unspecified atom stereocenters. The number of H-pyrrole nitrogens is 1. The Labute approximate surface area is 195 Å². The lowest BCUT2D eigenvalue weighted by Crippen LogP contribution is -2.28. The first kappa shape index (κ1) is 21.8. The number of nitrogen functional groups attached to an aromatic ring is 1. The number of aromatic amines is 1. The average molecular weight is 461 g/mol. The zero-order chi connectivity index (χ0) is 23.8. The third-order valence-electron chi connectivity index (χ3n) is 5.81. The van der Waals surface area contributed by atoms with Gasteiger partial charge in [-0.15, -0.1) is 0 Å². The van der Waals surface area contributed by atoms with Crippen LogP contribution in [0.4, 0.5) is 10.3 Å². The van der Waals surface area contributed by atoms with Gasteiger partial charge in [-0.1, -0.05) is 13.8 Å². The molecule has 0 saturated heterocycles. The van der Waals surface area contributed by atoms with Gasteiger partial charge < -0.3 is 20.8 Å². The van der Waals surface area contributed by atoms with Crippen molar-refractivity contribution in [3.8, 4) is 17.0 Å². The number of benzene rings is 2. The number of halogens is 1. The molecule has 5 rings (SSSR count). The molecule has 1 amide bonds. The molecule has 0 saturated carbocycles. The van der Waals surface area contributed by atoms with Crippen LogP contribution in [-0.4, -0.2) is 39.0 Å². The third-order valence-corrected chi connectivity index (χ3v) is 5.81. The Balaban J connectivity index is 1.41. The van der Waals surface area contributed by atoms with E-state index in [4.69, 9.17) is 10.5 Å². The van der Waals surface area contributed by atoms with Crippen molar-refractivity contribution in [2.45, 2.75) is 26.2 Å². The minimum Gasteiger partial charge on any atom is -0.493 e. The van der Waals surface area contributed by atoms with Crippen LogP contribution in [0.25, 0.3) is 22.3 Å². The summed E-state index contributed by atoms with van der Waals surface area (Å²) in [6, 6.07) is 10.3. The van der Waals surface area contributed by atoms with Crippen LogP contribution in [0.15, 0.2) is 42.6 Å². The van der Waals surface area contributed by atoms with Crippen LogP contribution in [-0.2, 0) is 6.42 Å². The number of hydrogen-bond donors (Lipinski definition) is 3. The SMILES string of the molecule is CC(C)CNC(=O)c1ccc2c(c1)CC(c1nc3c(F)cc(-c4ccnc(N)n4)cc3[nH]1)CO2. The number of nitrogens with zero attached hydrogens (tertiary/aromatic N) is 3. The van der Waals surface area contributed by atoms with Crippen molar-refractivity contribution >= 4 is 22.9 Å². The van der Waals surface area contributed by atoms with E-state index in [0.29, 0.717) is 53.7 Å². The molecular weight excluding hydrogens is 435 g/mol. The Kier molecular flexibility index (Phi) is 5.61. The van der Waals surface area contributed by atoms with Crippen LogP contribution < -0.4 is 15.8 Å². The topological polar surface area (TPSA) is 119 Å². The van der Waals surface area contributed by atoms with Crippen molar-refractivity contribution in [3.63, 3.8) is 0 Å². The number of amides is 1. The number of anilines is 1. The summed E-state index contributed by atoms with van der Waals surface area (Å²) < 4.78 is 20.8. The second-order valence-corrected chi connectivity index (χ2v) is 8.91. The highest BCUT2D eigenvalue weighted by Crippen LogP contribution is 2.34. The Bertz CT molecular complexity index is 1380. The largest absolute Gasteiger partial charge is 0.493 e. The average Bonchev–Trinajstić information content (AvgIpc) is 3.27. The van der Waals surface area contributed by atoms with Gasteiger partial charge in [0.25, 0.3) is 5.91 Å². The third kappa shape index (κ3) is 4.28. The van der Waals surface area contributed by atoms with E-state index in [9.17, 15) is 9.18 Å². The molecule has 0 fully saturated rings. The smallest absolute Gasteiger partial charge is 0.251 e. The molecule has 0 aliphatic carbocycles. The van der Waals surface area contributed by atoms with E-state index < -0.39 is 5.82 Å². The summed E-state index contributed by atoms with van der Waals surface area (Å²) in [5.74, 6) is 1.21. The molecule has 3 heterocycles. The van der Waals surface area contributed by atoms with Gasteiger partial charge in [-0.2, -0.15) is 0 Å². The van der Waals surface area contributed by atoms with Crippen molar-refractivity contribution in [2.24, 2.45) is 5.92 Å². The van der Waals surface area contributed by atoms with Gasteiger partial charge in [-0.25, -0.2) is 19.3 Å². The minimum absolute atomic E-state index is 0.105. The molecule has 0 bridgehead atoms. The lowest BCUT2D eigenvalue weighted by molar-refractivity contribution is 0.0948. The number of nitrogens with two attached hydrogens (primary N) is 1. The summed E-state index contributed by atoms with van der Waals surface area (Å²) >= 11 is 0. The number of ether oxygens (including phenoxy) is 1. The predicted octanol–water partition coefficient (Wildman–Crippen LogP) is 3.85. The number of nitrogens with one attached hydrogen (secondary N) is 2. The first-order valence-corrected chi connectivity index (χ1v) is 11.2. The number of carbonyl (C=O) groups is 1. The fourth-order valence-electron chi connectivity index (χ4n) is 4.08. The monoisotopic (exact) mass is 460 g/mol. The van der Waals surface area contributed by atoms with Crippen molar-refractivity contribution in [1.82, 2.24) is 25.3 Å². The number of rotatable bonds is 5. The van der Waals surface area contributed by atoms with E-state index in [-0.39, 0.29) is 23.3 Å². The zero-order valence-corrected chi connectivity index (χ0v) is 18.9. The lowest BCUT2D eigenvalue weighted by Gasteiger charge is -2.24. The van der Waals surface area contributed by atoms with Crippen molar-refractivity contribution < 1.29 is 13.9 Å². The second kappa shape index (κ2) is 8.74. The number of imidazole rings is 1. The molecule has 34 heavy (non-hydrogen) atoms. The van der Waals surface area contributed by atoms with E-state index in [0.717, 1.165) is 11.3 Å². The van der Waals surface area contributed by atoms with Crippen LogP contribution >= 0.6 is 0 Å². The molecule has 1 aliphatic heterocycles. The molecule has 0 radical (unpaired) electrons. The highest BCUT2D eigenvalue weighted by atomic mass is 19.1.